The van der Waals surface area contributed by atoms with E-state index < -0.39 is 11.8 Å². The lowest BCUT2D eigenvalue weighted by molar-refractivity contribution is -0.136. The predicted molar refractivity (Wildman–Crippen MR) is 22.8 cm³/mol. The van der Waals surface area contributed by atoms with Crippen LogP contribution < -0.4 is 0 Å². The molecule has 0 bridgehead atoms. The third-order valence-electron chi connectivity index (χ3n) is 0.390. The van der Waals surface area contributed by atoms with Crippen LogP contribution in [0.4, 0.5) is 0 Å². The lowest BCUT2D eigenvalue weighted by Crippen LogP contribution is -2.01. The van der Waals surface area contributed by atoms with Gasteiger partial charge in [0, 0.05) is 5.82 Å². The molecule has 0 aliphatic rings. The first-order valence-electron chi connectivity index (χ1n) is 1.63. The molecule has 0 saturated heterocycles. The Kier molecular flexibility index (Phi) is 1.71. The molecule has 0 spiro atoms. The number of rotatable bonds is 1. The molecule has 0 saturated carbocycles. The molecule has 0 heterocycles. The van der Waals surface area contributed by atoms with Gasteiger partial charge in [0.05, 0.1) is 7.85 Å². The third kappa shape index (κ3) is 1.82. The van der Waals surface area contributed by atoms with E-state index >= 15 is 0 Å². The van der Waals surface area contributed by atoms with Crippen molar-refractivity contribution in [3.63, 3.8) is 0 Å². The SMILES string of the molecule is [B][C@@H](C)C(=O)O. The molecule has 2 radical (unpaired) electrons. The van der Waals surface area contributed by atoms with Crippen LogP contribution in [0.3, 0.4) is 0 Å². The molecule has 0 aromatic carbocycles. The van der Waals surface area contributed by atoms with Crippen molar-refractivity contribution in [3.05, 3.63) is 0 Å². The van der Waals surface area contributed by atoms with Gasteiger partial charge in [-0.1, -0.05) is 6.92 Å². The average molecular weight is 83.9 g/mol. The van der Waals surface area contributed by atoms with E-state index in [2.05, 4.69) is 0 Å². The highest BCUT2D eigenvalue weighted by Crippen LogP contribution is 1.90. The maximum absolute atomic E-state index is 9.57. The van der Waals surface area contributed by atoms with Gasteiger partial charge >= 0.3 is 0 Å². The minimum absolute atomic E-state index is 0.731. The summed E-state index contributed by atoms with van der Waals surface area (Å²) in [5.74, 6) is -1.69. The van der Waals surface area contributed by atoms with E-state index in [4.69, 9.17) is 13.0 Å². The summed E-state index contributed by atoms with van der Waals surface area (Å²) in [6.07, 6.45) is 0. The fourth-order valence-electron chi connectivity index (χ4n) is 0. The third-order valence-corrected chi connectivity index (χ3v) is 0.390. The smallest absolute Gasteiger partial charge is 0.297 e. The van der Waals surface area contributed by atoms with Crippen molar-refractivity contribution < 1.29 is 9.90 Å². The van der Waals surface area contributed by atoms with Gasteiger partial charge in [0.15, 0.2) is 0 Å². The summed E-state index contributed by atoms with van der Waals surface area (Å²) in [6.45, 7) is 1.42. The van der Waals surface area contributed by atoms with Crippen molar-refractivity contribution in [2.24, 2.45) is 0 Å². The molecule has 0 fully saturated rings. The minimum Gasteiger partial charge on any atom is -0.482 e. The van der Waals surface area contributed by atoms with Crippen molar-refractivity contribution >= 4 is 13.8 Å². The second-order valence-corrected chi connectivity index (χ2v) is 1.13. The van der Waals surface area contributed by atoms with Gasteiger partial charge in [-0.25, -0.2) is 0 Å². The summed E-state index contributed by atoms with van der Waals surface area (Å²) in [5, 5.41) is 7.87. The first kappa shape index (κ1) is 5.53. The van der Waals surface area contributed by atoms with Gasteiger partial charge in [-0.05, 0) is 0 Å². The molecule has 0 aliphatic heterocycles. The monoisotopic (exact) mass is 84.0 g/mol. The van der Waals surface area contributed by atoms with Gasteiger partial charge in [-0.15, -0.1) is 0 Å². The number of aliphatic carboxylic acids is 1. The van der Waals surface area contributed by atoms with E-state index in [1.165, 1.54) is 6.92 Å². The Labute approximate surface area is 37.6 Å². The van der Waals surface area contributed by atoms with Crippen LogP contribution in [0.15, 0.2) is 0 Å². The van der Waals surface area contributed by atoms with Gasteiger partial charge in [0.1, 0.15) is 0 Å². The summed E-state index contributed by atoms with van der Waals surface area (Å²) >= 11 is 0. The van der Waals surface area contributed by atoms with Crippen molar-refractivity contribution in [2.75, 3.05) is 0 Å². The normalized spacial score (nSPS) is 13.5. The second kappa shape index (κ2) is 1.85. The van der Waals surface area contributed by atoms with Crippen molar-refractivity contribution in [1.29, 1.82) is 0 Å². The van der Waals surface area contributed by atoms with Crippen molar-refractivity contribution in [1.82, 2.24) is 0 Å². The molecule has 1 atom stereocenters. The van der Waals surface area contributed by atoms with Crippen LogP contribution in [0.2, 0.25) is 5.82 Å². The van der Waals surface area contributed by atoms with E-state index in [9.17, 15) is 4.79 Å². The Bertz CT molecular complexity index is 59.8. The summed E-state index contributed by atoms with van der Waals surface area (Å²) in [7, 11) is 4.84. The number of hydrogen-bond donors (Lipinski definition) is 1. The molecule has 0 rings (SSSR count). The van der Waals surface area contributed by atoms with Crippen LogP contribution >= 0.6 is 0 Å². The predicted octanol–water partition coefficient (Wildman–Crippen LogP) is 0.0479. The molecule has 32 valence electrons. The molecule has 0 aromatic rings. The number of carboxylic acid groups (broad SMARTS) is 1. The maximum atomic E-state index is 9.57. The molecule has 2 nitrogen and oxygen atoms in total. The Hall–Kier alpha value is -0.465. The van der Waals surface area contributed by atoms with Crippen LogP contribution in [-0.2, 0) is 4.79 Å². The zero-order chi connectivity index (χ0) is 5.15. The Morgan fingerprint density at radius 2 is 2.17 bits per heavy atom. The largest absolute Gasteiger partial charge is 0.482 e. The Balaban J connectivity index is 3.26. The van der Waals surface area contributed by atoms with E-state index in [0.29, 0.717) is 0 Å². The van der Waals surface area contributed by atoms with Crippen LogP contribution in [0.25, 0.3) is 0 Å². The first-order chi connectivity index (χ1) is 2.64. The van der Waals surface area contributed by atoms with Crippen LogP contribution in [0, 0.1) is 0 Å². The zero-order valence-electron chi connectivity index (χ0n) is 3.51. The van der Waals surface area contributed by atoms with Gasteiger partial charge in [0.25, 0.3) is 5.97 Å². The van der Waals surface area contributed by atoms with E-state index in [1.807, 2.05) is 0 Å². The first-order valence-corrected chi connectivity index (χ1v) is 1.63. The molecule has 0 aliphatic carbocycles. The molecule has 0 aromatic heterocycles. The average Bonchev–Trinajstić information content (AvgIpc) is 1.36. The maximum Gasteiger partial charge on any atom is 0.297 e. The molecule has 3 heteroatoms. The molecule has 0 amide bonds. The van der Waals surface area contributed by atoms with Gasteiger partial charge in [-0.2, -0.15) is 0 Å². The minimum atomic E-state index is -0.963. The quantitative estimate of drug-likeness (QED) is 0.455. The Morgan fingerprint density at radius 3 is 2.17 bits per heavy atom. The van der Waals surface area contributed by atoms with Crippen LogP contribution in [0.5, 0.6) is 0 Å². The fourth-order valence-corrected chi connectivity index (χ4v) is 0. The lowest BCUT2D eigenvalue weighted by Gasteiger charge is -1.89. The van der Waals surface area contributed by atoms with E-state index in [-0.39, 0.29) is 0 Å². The van der Waals surface area contributed by atoms with E-state index in [0.717, 1.165) is 0 Å². The highest BCUT2D eigenvalue weighted by molar-refractivity contribution is 6.21. The van der Waals surface area contributed by atoms with Crippen LogP contribution in [-0.4, -0.2) is 18.9 Å². The number of carbonyl (C=O) groups is 1. The fraction of sp³-hybridized carbons (Fsp3) is 0.667. The summed E-state index contributed by atoms with van der Waals surface area (Å²) in [6, 6.07) is 0. The molecule has 1 N–H and O–H groups in total. The zero-order valence-corrected chi connectivity index (χ0v) is 3.51. The summed E-state index contributed by atoms with van der Waals surface area (Å²) in [5.41, 5.74) is 0. The van der Waals surface area contributed by atoms with E-state index in [1.54, 1.807) is 0 Å². The Morgan fingerprint density at radius 1 is 2.00 bits per heavy atom. The second-order valence-electron chi connectivity index (χ2n) is 1.13. The van der Waals surface area contributed by atoms with Gasteiger partial charge in [0.2, 0.25) is 0 Å². The highest BCUT2D eigenvalue weighted by Gasteiger charge is 1.98. The molecule has 6 heavy (non-hydrogen) atoms. The molecule has 0 unspecified atom stereocenters. The van der Waals surface area contributed by atoms with Gasteiger partial charge < -0.3 is 5.11 Å². The van der Waals surface area contributed by atoms with Gasteiger partial charge in [-0.3, -0.25) is 4.79 Å². The van der Waals surface area contributed by atoms with Crippen LogP contribution in [0.1, 0.15) is 6.92 Å². The summed E-state index contributed by atoms with van der Waals surface area (Å²) < 4.78 is 0. The molecular weight excluding hydrogens is 78.8 g/mol. The van der Waals surface area contributed by atoms with Crippen molar-refractivity contribution in [2.45, 2.75) is 12.7 Å². The number of carboxylic acids is 1. The van der Waals surface area contributed by atoms with Crippen molar-refractivity contribution in [3.8, 4) is 0 Å². The topological polar surface area (TPSA) is 37.3 Å². The summed E-state index contributed by atoms with van der Waals surface area (Å²) in [4.78, 5) is 9.57. The number of hydrogen-bond acceptors (Lipinski definition) is 1. The lowest BCUT2D eigenvalue weighted by atomic mass is 9.90. The standard InChI is InChI=1S/C3H5BO2/c1-2(4)3(5)6/h2H,1H3,(H,5,6)/t2-/m0/s1. The highest BCUT2D eigenvalue weighted by atomic mass is 16.4. The molecular formula is C3H5BO2.